The molecule has 2 nitrogen and oxygen atoms in total. The Balaban J connectivity index is 2.53. The molecule has 0 unspecified atom stereocenters. The van der Waals surface area contributed by atoms with Crippen molar-refractivity contribution >= 4 is 0 Å². The molecule has 1 aliphatic rings. The first-order chi connectivity index (χ1) is 7.21. The first kappa shape index (κ1) is 11.7. The summed E-state index contributed by atoms with van der Waals surface area (Å²) in [7, 11) is 0. The zero-order chi connectivity index (χ0) is 12.1. The highest BCUT2D eigenvalue weighted by Gasteiger charge is 2.36. The van der Waals surface area contributed by atoms with E-state index < -0.39 is 0 Å². The fraction of sp³-hybridized carbons (Fsp3) is 0.786. The summed E-state index contributed by atoms with van der Waals surface area (Å²) >= 11 is 0. The van der Waals surface area contributed by atoms with Crippen molar-refractivity contribution in [1.29, 1.82) is 0 Å². The van der Waals surface area contributed by atoms with Crippen LogP contribution < -0.4 is 0 Å². The summed E-state index contributed by atoms with van der Waals surface area (Å²) in [4.78, 5) is 0. The molecule has 0 saturated heterocycles. The third-order valence-electron chi connectivity index (χ3n) is 3.21. The molecule has 0 atom stereocenters. The zero-order valence-corrected chi connectivity index (χ0v) is 11.5. The number of hydrogen-bond acceptors (Lipinski definition) is 1. The zero-order valence-electron chi connectivity index (χ0n) is 11.5. The molecule has 0 radical (unpaired) electrons. The maximum absolute atomic E-state index is 4.63. The molecule has 1 saturated carbocycles. The molecule has 0 aromatic carbocycles. The standard InChI is InChI=1S/C14H24N2/c1-13(2,3)11-9-15-16(14(4,5)6)12(11)10-7-8-10/h9-10H,7-8H2,1-6H3. The normalized spacial score (nSPS) is 17.9. The number of nitrogens with zero attached hydrogens (tertiary/aromatic N) is 2. The van der Waals surface area contributed by atoms with Crippen molar-refractivity contribution in [3.8, 4) is 0 Å². The van der Waals surface area contributed by atoms with Gasteiger partial charge in [-0.1, -0.05) is 20.8 Å². The second-order valence-corrected chi connectivity index (χ2v) is 7.05. The lowest BCUT2D eigenvalue weighted by Gasteiger charge is -2.25. The predicted octanol–water partition coefficient (Wildman–Crippen LogP) is 3.81. The molecule has 0 amide bonds. The third-order valence-corrected chi connectivity index (χ3v) is 3.21. The molecule has 16 heavy (non-hydrogen) atoms. The van der Waals surface area contributed by atoms with Crippen molar-refractivity contribution in [3.63, 3.8) is 0 Å². The second kappa shape index (κ2) is 3.35. The van der Waals surface area contributed by atoms with Gasteiger partial charge in [0.2, 0.25) is 0 Å². The van der Waals surface area contributed by atoms with E-state index in [1.807, 2.05) is 0 Å². The molecule has 0 bridgehead atoms. The Morgan fingerprint density at radius 1 is 1.12 bits per heavy atom. The van der Waals surface area contributed by atoms with Crippen LogP contribution in [0.1, 0.15) is 71.6 Å². The van der Waals surface area contributed by atoms with E-state index in [9.17, 15) is 0 Å². The van der Waals surface area contributed by atoms with Crippen molar-refractivity contribution in [2.45, 2.75) is 71.3 Å². The van der Waals surface area contributed by atoms with E-state index in [0.717, 1.165) is 5.92 Å². The van der Waals surface area contributed by atoms with Crippen molar-refractivity contribution in [2.75, 3.05) is 0 Å². The van der Waals surface area contributed by atoms with Gasteiger partial charge in [-0.05, 0) is 44.6 Å². The molecule has 1 aromatic rings. The van der Waals surface area contributed by atoms with Crippen molar-refractivity contribution < 1.29 is 0 Å². The molecule has 2 rings (SSSR count). The first-order valence-corrected chi connectivity index (χ1v) is 6.30. The minimum atomic E-state index is 0.0986. The Morgan fingerprint density at radius 2 is 1.69 bits per heavy atom. The van der Waals surface area contributed by atoms with Crippen LogP contribution in [0.3, 0.4) is 0 Å². The molecule has 0 aliphatic heterocycles. The van der Waals surface area contributed by atoms with Gasteiger partial charge >= 0.3 is 0 Å². The van der Waals surface area contributed by atoms with Crippen LogP contribution in [0.5, 0.6) is 0 Å². The van der Waals surface area contributed by atoms with Crippen LogP contribution >= 0.6 is 0 Å². The van der Waals surface area contributed by atoms with Crippen molar-refractivity contribution in [1.82, 2.24) is 9.78 Å². The van der Waals surface area contributed by atoms with Gasteiger partial charge < -0.3 is 0 Å². The SMILES string of the molecule is CC(C)(C)c1cnn(C(C)(C)C)c1C1CC1. The highest BCUT2D eigenvalue weighted by atomic mass is 15.3. The topological polar surface area (TPSA) is 17.8 Å². The van der Waals surface area contributed by atoms with Crippen LogP contribution in [-0.2, 0) is 11.0 Å². The molecule has 0 N–H and O–H groups in total. The monoisotopic (exact) mass is 220 g/mol. The summed E-state index contributed by atoms with van der Waals surface area (Å²) in [6, 6.07) is 0. The Labute approximate surface area is 99.0 Å². The molecule has 1 aromatic heterocycles. The minimum absolute atomic E-state index is 0.0986. The van der Waals surface area contributed by atoms with E-state index in [2.05, 4.69) is 57.5 Å². The van der Waals surface area contributed by atoms with E-state index in [1.165, 1.54) is 24.1 Å². The number of aromatic nitrogens is 2. The summed E-state index contributed by atoms with van der Waals surface area (Å²) in [5.74, 6) is 0.760. The van der Waals surface area contributed by atoms with Gasteiger partial charge in [0.25, 0.3) is 0 Å². The van der Waals surface area contributed by atoms with Crippen LogP contribution in [0, 0.1) is 0 Å². The van der Waals surface area contributed by atoms with E-state index >= 15 is 0 Å². The second-order valence-electron chi connectivity index (χ2n) is 7.05. The van der Waals surface area contributed by atoms with Gasteiger partial charge in [-0.25, -0.2) is 0 Å². The smallest absolute Gasteiger partial charge is 0.0546 e. The maximum Gasteiger partial charge on any atom is 0.0546 e. The van der Waals surface area contributed by atoms with Gasteiger partial charge in [0.05, 0.1) is 11.7 Å². The van der Waals surface area contributed by atoms with Gasteiger partial charge in [0.15, 0.2) is 0 Å². The Morgan fingerprint density at radius 3 is 2.06 bits per heavy atom. The lowest BCUT2D eigenvalue weighted by atomic mass is 9.86. The Kier molecular flexibility index (Phi) is 2.45. The third kappa shape index (κ3) is 2.02. The lowest BCUT2D eigenvalue weighted by Crippen LogP contribution is -2.26. The fourth-order valence-corrected chi connectivity index (χ4v) is 2.22. The average Bonchev–Trinajstić information content (AvgIpc) is 2.79. The van der Waals surface area contributed by atoms with Gasteiger partial charge in [-0.2, -0.15) is 5.10 Å². The largest absolute Gasteiger partial charge is 0.264 e. The van der Waals surface area contributed by atoms with Crippen LogP contribution in [0.4, 0.5) is 0 Å². The molecule has 2 heteroatoms. The molecular formula is C14H24N2. The van der Waals surface area contributed by atoms with Gasteiger partial charge in [-0.3, -0.25) is 4.68 Å². The van der Waals surface area contributed by atoms with Crippen molar-refractivity contribution in [2.24, 2.45) is 0 Å². The fourth-order valence-electron chi connectivity index (χ4n) is 2.22. The highest BCUT2D eigenvalue weighted by molar-refractivity contribution is 5.32. The van der Waals surface area contributed by atoms with Crippen LogP contribution in [-0.4, -0.2) is 9.78 Å². The molecule has 90 valence electrons. The first-order valence-electron chi connectivity index (χ1n) is 6.30. The Bertz CT molecular complexity index is 352. The summed E-state index contributed by atoms with van der Waals surface area (Å²) in [6.07, 6.45) is 4.76. The molecule has 0 spiro atoms. The molecule has 1 heterocycles. The van der Waals surface area contributed by atoms with E-state index in [1.54, 1.807) is 0 Å². The van der Waals surface area contributed by atoms with E-state index in [0.29, 0.717) is 0 Å². The van der Waals surface area contributed by atoms with Crippen LogP contribution in [0.2, 0.25) is 0 Å². The van der Waals surface area contributed by atoms with Crippen LogP contribution in [0.25, 0.3) is 0 Å². The van der Waals surface area contributed by atoms with Crippen molar-refractivity contribution in [3.05, 3.63) is 17.5 Å². The Hall–Kier alpha value is -0.790. The quantitative estimate of drug-likeness (QED) is 0.703. The highest BCUT2D eigenvalue weighted by Crippen LogP contribution is 2.45. The molecule has 1 fully saturated rings. The van der Waals surface area contributed by atoms with Gasteiger partial charge in [-0.15, -0.1) is 0 Å². The van der Waals surface area contributed by atoms with E-state index in [-0.39, 0.29) is 11.0 Å². The summed E-state index contributed by atoms with van der Waals surface area (Å²) < 4.78 is 2.24. The number of rotatable bonds is 1. The van der Waals surface area contributed by atoms with Gasteiger partial charge in [0.1, 0.15) is 0 Å². The number of hydrogen-bond donors (Lipinski definition) is 0. The van der Waals surface area contributed by atoms with Crippen LogP contribution in [0.15, 0.2) is 6.20 Å². The summed E-state index contributed by atoms with van der Waals surface area (Å²) in [5, 5.41) is 4.63. The maximum atomic E-state index is 4.63. The van der Waals surface area contributed by atoms with E-state index in [4.69, 9.17) is 0 Å². The lowest BCUT2D eigenvalue weighted by molar-refractivity contribution is 0.342. The van der Waals surface area contributed by atoms with Gasteiger partial charge in [0, 0.05) is 11.6 Å². The minimum Gasteiger partial charge on any atom is -0.264 e. The molecular weight excluding hydrogens is 196 g/mol. The average molecular weight is 220 g/mol. The summed E-state index contributed by atoms with van der Waals surface area (Å²) in [6.45, 7) is 13.5. The summed E-state index contributed by atoms with van der Waals surface area (Å²) in [5.41, 5.74) is 3.23. The molecule has 1 aliphatic carbocycles. The predicted molar refractivity (Wildman–Crippen MR) is 67.9 cm³/mol.